The summed E-state index contributed by atoms with van der Waals surface area (Å²) >= 11 is 5.90. The monoisotopic (exact) mass is 378 g/mol. The average Bonchev–Trinajstić information content (AvgIpc) is 2.68. The van der Waals surface area contributed by atoms with Crippen LogP contribution in [0.1, 0.15) is 11.1 Å². The molecule has 0 aliphatic carbocycles. The molecule has 0 aliphatic heterocycles. The highest BCUT2D eigenvalue weighted by Gasteiger charge is 2.04. The molecule has 0 radical (unpaired) electrons. The average molecular weight is 379 g/mol. The largest absolute Gasteiger partial charge is 0.483 e. The summed E-state index contributed by atoms with van der Waals surface area (Å²) in [5, 5.41) is 4.60. The third-order valence-corrected chi connectivity index (χ3v) is 4.15. The molecule has 1 N–H and O–H groups in total. The molecule has 3 rings (SSSR count). The summed E-state index contributed by atoms with van der Waals surface area (Å²) in [6.07, 6.45) is 1.60. The number of amides is 1. The molecule has 136 valence electrons. The van der Waals surface area contributed by atoms with Crippen LogP contribution in [0.5, 0.6) is 5.75 Å². The molecule has 0 saturated carbocycles. The molecule has 3 aromatic carbocycles. The van der Waals surface area contributed by atoms with Gasteiger partial charge in [0, 0.05) is 5.02 Å². The van der Waals surface area contributed by atoms with E-state index in [1.165, 1.54) is 0 Å². The Morgan fingerprint density at radius 3 is 2.44 bits per heavy atom. The molecule has 0 spiro atoms. The van der Waals surface area contributed by atoms with E-state index in [4.69, 9.17) is 16.3 Å². The quantitative estimate of drug-likeness (QED) is 0.492. The Morgan fingerprint density at radius 2 is 1.74 bits per heavy atom. The molecule has 3 aromatic rings. The fraction of sp³-hybridized carbons (Fsp3) is 0.0909. The van der Waals surface area contributed by atoms with Crippen LogP contribution in [0, 0.1) is 6.92 Å². The number of aryl methyl sites for hydroxylation is 1. The molecule has 4 nitrogen and oxygen atoms in total. The molecule has 27 heavy (non-hydrogen) atoms. The predicted molar refractivity (Wildman–Crippen MR) is 109 cm³/mol. The molecule has 0 bridgehead atoms. The zero-order valence-electron chi connectivity index (χ0n) is 14.9. The normalized spacial score (nSPS) is 10.7. The van der Waals surface area contributed by atoms with Gasteiger partial charge in [-0.25, -0.2) is 5.43 Å². The Morgan fingerprint density at radius 1 is 1.04 bits per heavy atom. The van der Waals surface area contributed by atoms with E-state index in [0.717, 1.165) is 22.3 Å². The van der Waals surface area contributed by atoms with Crippen LogP contribution < -0.4 is 10.2 Å². The first-order chi connectivity index (χ1) is 13.1. The fourth-order valence-corrected chi connectivity index (χ4v) is 2.75. The van der Waals surface area contributed by atoms with Crippen LogP contribution in [0.2, 0.25) is 5.02 Å². The van der Waals surface area contributed by atoms with Gasteiger partial charge in [0.2, 0.25) is 0 Å². The van der Waals surface area contributed by atoms with Gasteiger partial charge in [-0.15, -0.1) is 0 Å². The van der Waals surface area contributed by atoms with Gasteiger partial charge in [0.25, 0.3) is 5.91 Å². The minimum atomic E-state index is -0.332. The van der Waals surface area contributed by atoms with E-state index in [0.29, 0.717) is 10.8 Å². The zero-order chi connectivity index (χ0) is 19.1. The Hall–Kier alpha value is -3.11. The van der Waals surface area contributed by atoms with Gasteiger partial charge in [0.15, 0.2) is 6.61 Å². The van der Waals surface area contributed by atoms with Crippen molar-refractivity contribution in [3.8, 4) is 16.9 Å². The number of benzene rings is 3. The van der Waals surface area contributed by atoms with Crippen molar-refractivity contribution in [2.24, 2.45) is 5.10 Å². The first-order valence-electron chi connectivity index (χ1n) is 8.48. The van der Waals surface area contributed by atoms with Crippen molar-refractivity contribution in [2.75, 3.05) is 6.61 Å². The summed E-state index contributed by atoms with van der Waals surface area (Å²) < 4.78 is 5.48. The molecule has 5 heteroatoms. The lowest BCUT2D eigenvalue weighted by Crippen LogP contribution is -2.24. The minimum absolute atomic E-state index is 0.118. The zero-order valence-corrected chi connectivity index (χ0v) is 15.6. The van der Waals surface area contributed by atoms with Gasteiger partial charge in [0.1, 0.15) is 5.75 Å². The molecule has 0 aliphatic rings. The number of nitrogens with zero attached hydrogens (tertiary/aromatic N) is 1. The van der Waals surface area contributed by atoms with Gasteiger partial charge in [0.05, 0.1) is 6.21 Å². The third kappa shape index (κ3) is 5.43. The number of halogens is 1. The topological polar surface area (TPSA) is 50.7 Å². The van der Waals surface area contributed by atoms with Crippen LogP contribution in [-0.2, 0) is 4.79 Å². The van der Waals surface area contributed by atoms with Gasteiger partial charge in [-0.05, 0) is 47.4 Å². The molecule has 0 saturated heterocycles. The number of hydrogen-bond donors (Lipinski definition) is 1. The molecular weight excluding hydrogens is 360 g/mol. The van der Waals surface area contributed by atoms with Gasteiger partial charge < -0.3 is 4.74 Å². The SMILES string of the molecule is Cc1cc(Cl)ccc1OCC(=O)N/N=C/c1ccc(-c2ccccc2)cc1. The van der Waals surface area contributed by atoms with E-state index < -0.39 is 0 Å². The van der Waals surface area contributed by atoms with Crippen molar-refractivity contribution < 1.29 is 9.53 Å². The van der Waals surface area contributed by atoms with Crippen molar-refractivity contribution >= 4 is 23.7 Å². The lowest BCUT2D eigenvalue weighted by atomic mass is 10.0. The van der Waals surface area contributed by atoms with E-state index in [1.807, 2.05) is 49.4 Å². The van der Waals surface area contributed by atoms with Gasteiger partial charge in [-0.2, -0.15) is 5.10 Å². The van der Waals surface area contributed by atoms with E-state index in [-0.39, 0.29) is 12.5 Å². The summed E-state index contributed by atoms with van der Waals surface area (Å²) in [4.78, 5) is 11.8. The van der Waals surface area contributed by atoms with Crippen LogP contribution in [0.15, 0.2) is 77.9 Å². The highest BCUT2D eigenvalue weighted by molar-refractivity contribution is 6.30. The first kappa shape index (κ1) is 18.7. The van der Waals surface area contributed by atoms with Crippen LogP contribution >= 0.6 is 11.6 Å². The third-order valence-electron chi connectivity index (χ3n) is 3.92. The Kier molecular flexibility index (Phi) is 6.23. The van der Waals surface area contributed by atoms with Crippen molar-refractivity contribution in [1.29, 1.82) is 0 Å². The number of rotatable bonds is 6. The van der Waals surface area contributed by atoms with Crippen LogP contribution in [-0.4, -0.2) is 18.7 Å². The van der Waals surface area contributed by atoms with Crippen LogP contribution in [0.4, 0.5) is 0 Å². The maximum absolute atomic E-state index is 11.8. The van der Waals surface area contributed by atoms with Crippen molar-refractivity contribution in [3.63, 3.8) is 0 Å². The molecule has 0 atom stereocenters. The Bertz CT molecular complexity index is 938. The molecule has 0 unspecified atom stereocenters. The Labute approximate surface area is 163 Å². The maximum atomic E-state index is 11.8. The van der Waals surface area contributed by atoms with Gasteiger partial charge in [-0.1, -0.05) is 66.2 Å². The van der Waals surface area contributed by atoms with Crippen LogP contribution in [0.25, 0.3) is 11.1 Å². The van der Waals surface area contributed by atoms with E-state index in [2.05, 4.69) is 22.7 Å². The van der Waals surface area contributed by atoms with Gasteiger partial charge >= 0.3 is 0 Å². The second-order valence-electron chi connectivity index (χ2n) is 5.98. The van der Waals surface area contributed by atoms with Crippen molar-refractivity contribution in [1.82, 2.24) is 5.43 Å². The summed E-state index contributed by atoms with van der Waals surface area (Å²) in [6.45, 7) is 1.75. The predicted octanol–water partition coefficient (Wildman–Crippen LogP) is 4.84. The number of hydrogen-bond acceptors (Lipinski definition) is 3. The lowest BCUT2D eigenvalue weighted by Gasteiger charge is -2.08. The molecule has 0 aromatic heterocycles. The van der Waals surface area contributed by atoms with E-state index in [1.54, 1.807) is 24.4 Å². The second-order valence-corrected chi connectivity index (χ2v) is 6.42. The standard InChI is InChI=1S/C22H19ClN2O2/c1-16-13-20(23)11-12-21(16)27-15-22(26)25-24-14-17-7-9-19(10-8-17)18-5-3-2-4-6-18/h2-14H,15H2,1H3,(H,25,26)/b24-14+. The highest BCUT2D eigenvalue weighted by Crippen LogP contribution is 2.21. The Balaban J connectivity index is 1.50. The molecular formula is C22H19ClN2O2. The number of ether oxygens (including phenoxy) is 1. The summed E-state index contributed by atoms with van der Waals surface area (Å²) in [6, 6.07) is 23.3. The molecule has 1 amide bonds. The second kappa shape index (κ2) is 9.01. The number of nitrogens with one attached hydrogen (secondary N) is 1. The maximum Gasteiger partial charge on any atom is 0.277 e. The summed E-state index contributed by atoms with van der Waals surface area (Å²) in [5.74, 6) is 0.288. The highest BCUT2D eigenvalue weighted by atomic mass is 35.5. The lowest BCUT2D eigenvalue weighted by molar-refractivity contribution is -0.123. The van der Waals surface area contributed by atoms with Gasteiger partial charge in [-0.3, -0.25) is 4.79 Å². The fourth-order valence-electron chi connectivity index (χ4n) is 2.52. The molecule has 0 fully saturated rings. The molecule has 0 heterocycles. The smallest absolute Gasteiger partial charge is 0.277 e. The van der Waals surface area contributed by atoms with E-state index >= 15 is 0 Å². The van der Waals surface area contributed by atoms with Crippen molar-refractivity contribution in [2.45, 2.75) is 6.92 Å². The van der Waals surface area contributed by atoms with Crippen LogP contribution in [0.3, 0.4) is 0 Å². The first-order valence-corrected chi connectivity index (χ1v) is 8.86. The van der Waals surface area contributed by atoms with E-state index in [9.17, 15) is 4.79 Å². The summed E-state index contributed by atoms with van der Waals surface area (Å²) in [7, 11) is 0. The number of carbonyl (C=O) groups excluding carboxylic acids is 1. The number of carbonyl (C=O) groups is 1. The van der Waals surface area contributed by atoms with Crippen molar-refractivity contribution in [3.05, 3.63) is 88.9 Å². The summed E-state index contributed by atoms with van der Waals surface area (Å²) in [5.41, 5.74) is 6.51. The number of hydrazone groups is 1. The minimum Gasteiger partial charge on any atom is -0.483 e.